The molecule has 0 saturated carbocycles. The lowest BCUT2D eigenvalue weighted by Gasteiger charge is -2.17. The zero-order chi connectivity index (χ0) is 17.9. The maximum Gasteiger partial charge on any atom is 0.302 e. The topological polar surface area (TPSA) is 133 Å². The van der Waals surface area contributed by atoms with Crippen molar-refractivity contribution >= 4 is 28.1 Å². The van der Waals surface area contributed by atoms with Crippen LogP contribution in [0, 0.1) is 20.2 Å². The summed E-state index contributed by atoms with van der Waals surface area (Å²) in [5, 5.41) is 26.6. The van der Waals surface area contributed by atoms with Crippen LogP contribution in [-0.2, 0) is 6.54 Å². The second-order valence-electron chi connectivity index (χ2n) is 5.36. The van der Waals surface area contributed by atoms with Crippen molar-refractivity contribution in [3.8, 4) is 0 Å². The Kier molecular flexibility index (Phi) is 5.29. The third-order valence-electron chi connectivity index (χ3n) is 3.98. The number of nitrogens with two attached hydrogens (primary N) is 1. The molecule has 130 valence electrons. The van der Waals surface area contributed by atoms with Gasteiger partial charge in [-0.3, -0.25) is 24.9 Å². The molecule has 0 unspecified atom stereocenters. The number of anilines is 1. The molecule has 0 atom stereocenters. The molecule has 0 bridgehead atoms. The van der Waals surface area contributed by atoms with Crippen LogP contribution < -0.4 is 5.73 Å². The summed E-state index contributed by atoms with van der Waals surface area (Å²) in [6.07, 6.45) is 0.742. The molecule has 0 saturated heterocycles. The number of benzene rings is 1. The van der Waals surface area contributed by atoms with Crippen LogP contribution in [0.3, 0.4) is 0 Å². The van der Waals surface area contributed by atoms with Crippen LogP contribution in [0.25, 0.3) is 10.9 Å². The Morgan fingerprint density at radius 3 is 2.42 bits per heavy atom. The molecule has 0 aliphatic rings. The number of nitrogens with zero attached hydrogens (tertiary/aromatic N) is 5. The summed E-state index contributed by atoms with van der Waals surface area (Å²) in [5.74, 6) is 0.0552. The van der Waals surface area contributed by atoms with E-state index in [1.54, 1.807) is 0 Å². The molecular weight excluding hydrogens is 316 g/mol. The third kappa shape index (κ3) is 3.43. The number of aryl methyl sites for hydroxylation is 1. The van der Waals surface area contributed by atoms with Crippen molar-refractivity contribution in [2.75, 3.05) is 25.4 Å². The lowest BCUT2D eigenvalue weighted by atomic mass is 10.2. The van der Waals surface area contributed by atoms with Gasteiger partial charge in [0.1, 0.15) is 5.52 Å². The lowest BCUT2D eigenvalue weighted by molar-refractivity contribution is -0.393. The molecule has 0 spiro atoms. The highest BCUT2D eigenvalue weighted by molar-refractivity contribution is 5.97. The van der Waals surface area contributed by atoms with Gasteiger partial charge in [0.15, 0.2) is 5.82 Å². The van der Waals surface area contributed by atoms with Crippen molar-refractivity contribution in [2.24, 2.45) is 0 Å². The lowest BCUT2D eigenvalue weighted by Crippen LogP contribution is -2.25. The first-order valence-electron chi connectivity index (χ1n) is 7.70. The number of aromatic nitrogens is 2. The Morgan fingerprint density at radius 2 is 1.88 bits per heavy atom. The zero-order valence-electron chi connectivity index (χ0n) is 13.6. The molecule has 0 aliphatic heterocycles. The van der Waals surface area contributed by atoms with E-state index in [0.29, 0.717) is 6.54 Å². The molecule has 0 fully saturated rings. The maximum atomic E-state index is 11.3. The highest BCUT2D eigenvalue weighted by Crippen LogP contribution is 2.34. The van der Waals surface area contributed by atoms with E-state index in [2.05, 4.69) is 23.8 Å². The molecular formula is C14H20N6O4. The molecule has 1 heterocycles. The van der Waals surface area contributed by atoms with Gasteiger partial charge in [0.25, 0.3) is 5.69 Å². The number of fused-ring (bicyclic) bond motifs is 1. The first kappa shape index (κ1) is 17.6. The Hall–Kier alpha value is -2.75. The summed E-state index contributed by atoms with van der Waals surface area (Å²) < 4.78 is 1.47. The van der Waals surface area contributed by atoms with Gasteiger partial charge in [-0.1, -0.05) is 13.8 Å². The normalized spacial score (nSPS) is 11.3. The van der Waals surface area contributed by atoms with Crippen LogP contribution in [0.4, 0.5) is 17.2 Å². The van der Waals surface area contributed by atoms with Crippen molar-refractivity contribution in [1.29, 1.82) is 0 Å². The summed E-state index contributed by atoms with van der Waals surface area (Å²) in [7, 11) is 0. The van der Waals surface area contributed by atoms with E-state index in [1.165, 1.54) is 10.7 Å². The average Bonchev–Trinajstić information content (AvgIpc) is 2.87. The van der Waals surface area contributed by atoms with Crippen LogP contribution >= 0.6 is 0 Å². The minimum atomic E-state index is -0.677. The molecule has 1 aromatic heterocycles. The van der Waals surface area contributed by atoms with Gasteiger partial charge >= 0.3 is 5.69 Å². The molecule has 10 nitrogen and oxygen atoms in total. The predicted molar refractivity (Wildman–Crippen MR) is 89.9 cm³/mol. The highest BCUT2D eigenvalue weighted by atomic mass is 16.6. The fourth-order valence-electron chi connectivity index (χ4n) is 2.70. The SMILES string of the molecule is CCN(CC)CCCn1nc(N)c2cc([N+](=O)[O-])cc([N+](=O)[O-])c21. The Bertz CT molecular complexity index is 768. The number of nitrogen functional groups attached to an aromatic ring is 1. The predicted octanol–water partition coefficient (Wildman–Crippen LogP) is 2.17. The van der Waals surface area contributed by atoms with Crippen LogP contribution in [0.5, 0.6) is 0 Å². The van der Waals surface area contributed by atoms with E-state index in [-0.39, 0.29) is 28.1 Å². The van der Waals surface area contributed by atoms with E-state index < -0.39 is 9.85 Å². The molecule has 0 amide bonds. The van der Waals surface area contributed by atoms with Crippen LogP contribution in [0.1, 0.15) is 20.3 Å². The summed E-state index contributed by atoms with van der Waals surface area (Å²) in [5.41, 5.74) is 5.31. The Labute approximate surface area is 138 Å². The quantitative estimate of drug-likeness (QED) is 0.576. The van der Waals surface area contributed by atoms with Gasteiger partial charge in [0, 0.05) is 12.6 Å². The molecule has 0 radical (unpaired) electrons. The second-order valence-corrected chi connectivity index (χ2v) is 5.36. The van der Waals surface area contributed by atoms with E-state index in [4.69, 9.17) is 5.73 Å². The molecule has 0 aliphatic carbocycles. The Balaban J connectivity index is 2.41. The number of hydrogen-bond acceptors (Lipinski definition) is 7. The first-order chi connectivity index (χ1) is 11.4. The second kappa shape index (κ2) is 7.21. The number of nitro benzene ring substituents is 2. The summed E-state index contributed by atoms with van der Waals surface area (Å²) in [4.78, 5) is 23.2. The van der Waals surface area contributed by atoms with Crippen molar-refractivity contribution in [1.82, 2.24) is 14.7 Å². The number of nitro groups is 2. The number of rotatable bonds is 8. The van der Waals surface area contributed by atoms with E-state index in [0.717, 1.165) is 32.1 Å². The largest absolute Gasteiger partial charge is 0.382 e. The van der Waals surface area contributed by atoms with E-state index >= 15 is 0 Å². The monoisotopic (exact) mass is 336 g/mol. The van der Waals surface area contributed by atoms with E-state index in [9.17, 15) is 20.2 Å². The minimum Gasteiger partial charge on any atom is -0.382 e. The number of non-ortho nitro benzene ring substituents is 2. The van der Waals surface area contributed by atoms with E-state index in [1.807, 2.05) is 0 Å². The molecule has 10 heteroatoms. The van der Waals surface area contributed by atoms with Crippen molar-refractivity contribution < 1.29 is 9.85 Å². The summed E-state index contributed by atoms with van der Waals surface area (Å²) in [6, 6.07) is 2.18. The summed E-state index contributed by atoms with van der Waals surface area (Å²) in [6.45, 7) is 7.25. The van der Waals surface area contributed by atoms with Crippen LogP contribution in [-0.4, -0.2) is 44.2 Å². The standard InChI is InChI=1S/C14H20N6O4/c1-3-17(4-2)6-5-7-18-13-11(14(15)16-18)8-10(19(21)22)9-12(13)20(23)24/h8-9H,3-7H2,1-2H3,(H2,15,16). The average molecular weight is 336 g/mol. The van der Waals surface area contributed by atoms with Crippen molar-refractivity contribution in [3.63, 3.8) is 0 Å². The fraction of sp³-hybridized carbons (Fsp3) is 0.500. The minimum absolute atomic E-state index is 0.0552. The highest BCUT2D eigenvalue weighted by Gasteiger charge is 2.25. The van der Waals surface area contributed by atoms with Gasteiger partial charge in [-0.2, -0.15) is 5.10 Å². The number of hydrogen-bond donors (Lipinski definition) is 1. The zero-order valence-corrected chi connectivity index (χ0v) is 13.6. The fourth-order valence-corrected chi connectivity index (χ4v) is 2.70. The van der Waals surface area contributed by atoms with Gasteiger partial charge in [-0.05, 0) is 26.1 Å². The van der Waals surface area contributed by atoms with Gasteiger partial charge in [-0.25, -0.2) is 0 Å². The molecule has 2 rings (SSSR count). The molecule has 1 aromatic carbocycles. The molecule has 24 heavy (non-hydrogen) atoms. The maximum absolute atomic E-state index is 11.3. The Morgan fingerprint density at radius 1 is 1.21 bits per heavy atom. The van der Waals surface area contributed by atoms with Gasteiger partial charge in [0.2, 0.25) is 0 Å². The molecule has 2 aromatic rings. The molecule has 2 N–H and O–H groups in total. The van der Waals surface area contributed by atoms with Gasteiger partial charge in [-0.15, -0.1) is 0 Å². The first-order valence-corrected chi connectivity index (χ1v) is 7.70. The van der Waals surface area contributed by atoms with Gasteiger partial charge in [0.05, 0.1) is 21.3 Å². The van der Waals surface area contributed by atoms with Crippen LogP contribution in [0.2, 0.25) is 0 Å². The smallest absolute Gasteiger partial charge is 0.302 e. The van der Waals surface area contributed by atoms with Gasteiger partial charge < -0.3 is 10.6 Å². The van der Waals surface area contributed by atoms with Crippen LogP contribution in [0.15, 0.2) is 12.1 Å². The summed E-state index contributed by atoms with van der Waals surface area (Å²) >= 11 is 0. The third-order valence-corrected chi connectivity index (χ3v) is 3.98. The van der Waals surface area contributed by atoms with Crippen molar-refractivity contribution in [3.05, 3.63) is 32.4 Å². The van der Waals surface area contributed by atoms with Crippen molar-refractivity contribution in [2.45, 2.75) is 26.8 Å².